The van der Waals surface area contributed by atoms with E-state index in [0.29, 0.717) is 17.6 Å². The van der Waals surface area contributed by atoms with Crippen molar-refractivity contribution in [2.75, 3.05) is 18.9 Å². The van der Waals surface area contributed by atoms with E-state index in [0.717, 1.165) is 12.2 Å². The monoisotopic (exact) mass is 229 g/mol. The molecule has 0 saturated carbocycles. The molecule has 0 bridgehead atoms. The van der Waals surface area contributed by atoms with E-state index in [4.69, 9.17) is 5.26 Å². The first-order chi connectivity index (χ1) is 8.19. The topological polar surface area (TPSA) is 39.1 Å². The molecule has 3 nitrogen and oxygen atoms in total. The molecule has 1 aromatic carbocycles. The molecule has 3 heteroatoms. The summed E-state index contributed by atoms with van der Waals surface area (Å²) in [5, 5.41) is 12.3. The Hall–Kier alpha value is -1.53. The quantitative estimate of drug-likeness (QED) is 0.846. The van der Waals surface area contributed by atoms with Gasteiger partial charge in [-0.2, -0.15) is 5.26 Å². The summed E-state index contributed by atoms with van der Waals surface area (Å²) in [4.78, 5) is 2.40. The molecular weight excluding hydrogens is 210 g/mol. The van der Waals surface area contributed by atoms with Crippen LogP contribution >= 0.6 is 0 Å². The first-order valence-electron chi connectivity index (χ1n) is 6.16. The molecular formula is C14H19N3. The predicted molar refractivity (Wildman–Crippen MR) is 69.9 cm³/mol. The maximum atomic E-state index is 8.74. The SMILES string of the molecule is CC1CC(Nc2ccc(C#N)cc2)CCN1C. The van der Waals surface area contributed by atoms with Gasteiger partial charge in [0, 0.05) is 24.3 Å². The van der Waals surface area contributed by atoms with Gasteiger partial charge in [-0.15, -0.1) is 0 Å². The molecule has 90 valence electrons. The molecule has 1 aliphatic rings. The maximum Gasteiger partial charge on any atom is 0.0991 e. The number of nitriles is 1. The van der Waals surface area contributed by atoms with Gasteiger partial charge >= 0.3 is 0 Å². The summed E-state index contributed by atoms with van der Waals surface area (Å²) in [7, 11) is 2.18. The van der Waals surface area contributed by atoms with Crippen LogP contribution in [-0.4, -0.2) is 30.6 Å². The first kappa shape index (κ1) is 11.9. The third-order valence-corrected chi connectivity index (χ3v) is 3.59. The normalized spacial score (nSPS) is 25.2. The highest BCUT2D eigenvalue weighted by Gasteiger charge is 2.22. The molecule has 1 fully saturated rings. The number of nitrogens with one attached hydrogen (secondary N) is 1. The Morgan fingerprint density at radius 2 is 2.06 bits per heavy atom. The summed E-state index contributed by atoms with van der Waals surface area (Å²) in [5.74, 6) is 0. The van der Waals surface area contributed by atoms with Crippen molar-refractivity contribution < 1.29 is 0 Å². The smallest absolute Gasteiger partial charge is 0.0991 e. The second kappa shape index (κ2) is 5.20. The highest BCUT2D eigenvalue weighted by Crippen LogP contribution is 2.20. The zero-order valence-corrected chi connectivity index (χ0v) is 10.5. The fourth-order valence-electron chi connectivity index (χ4n) is 2.30. The van der Waals surface area contributed by atoms with Crippen molar-refractivity contribution >= 4 is 5.69 Å². The zero-order chi connectivity index (χ0) is 12.3. The van der Waals surface area contributed by atoms with Crippen LogP contribution in [0.15, 0.2) is 24.3 Å². The number of anilines is 1. The van der Waals surface area contributed by atoms with E-state index in [1.165, 1.54) is 12.8 Å². The maximum absolute atomic E-state index is 8.74. The lowest BCUT2D eigenvalue weighted by Crippen LogP contribution is -2.42. The third kappa shape index (κ3) is 2.98. The van der Waals surface area contributed by atoms with Gasteiger partial charge in [0.25, 0.3) is 0 Å². The molecule has 0 amide bonds. The molecule has 0 radical (unpaired) electrons. The number of hydrogen-bond acceptors (Lipinski definition) is 3. The summed E-state index contributed by atoms with van der Waals surface area (Å²) in [5.41, 5.74) is 1.83. The van der Waals surface area contributed by atoms with E-state index >= 15 is 0 Å². The average Bonchev–Trinajstić information content (AvgIpc) is 2.35. The highest BCUT2D eigenvalue weighted by molar-refractivity contribution is 5.47. The Bertz CT molecular complexity index is 404. The molecule has 2 rings (SSSR count). The summed E-state index contributed by atoms with van der Waals surface area (Å²) < 4.78 is 0. The lowest BCUT2D eigenvalue weighted by atomic mass is 9.98. The van der Waals surface area contributed by atoms with E-state index < -0.39 is 0 Å². The second-order valence-electron chi connectivity index (χ2n) is 4.88. The number of likely N-dealkylation sites (tertiary alicyclic amines) is 1. The van der Waals surface area contributed by atoms with Crippen molar-refractivity contribution in [3.63, 3.8) is 0 Å². The minimum atomic E-state index is 0.550. The van der Waals surface area contributed by atoms with Crippen molar-refractivity contribution in [3.8, 4) is 6.07 Å². The number of piperidine rings is 1. The number of nitrogens with zero attached hydrogens (tertiary/aromatic N) is 2. The van der Waals surface area contributed by atoms with Gasteiger partial charge in [-0.1, -0.05) is 0 Å². The van der Waals surface area contributed by atoms with Gasteiger partial charge < -0.3 is 10.2 Å². The van der Waals surface area contributed by atoms with Crippen molar-refractivity contribution in [3.05, 3.63) is 29.8 Å². The van der Waals surface area contributed by atoms with E-state index in [9.17, 15) is 0 Å². The van der Waals surface area contributed by atoms with Crippen LogP contribution in [0, 0.1) is 11.3 Å². The third-order valence-electron chi connectivity index (χ3n) is 3.59. The molecule has 17 heavy (non-hydrogen) atoms. The fraction of sp³-hybridized carbons (Fsp3) is 0.500. The largest absolute Gasteiger partial charge is 0.382 e. The molecule has 2 unspecified atom stereocenters. The lowest BCUT2D eigenvalue weighted by Gasteiger charge is -2.35. The summed E-state index contributed by atoms with van der Waals surface area (Å²) >= 11 is 0. The number of rotatable bonds is 2. The van der Waals surface area contributed by atoms with Gasteiger partial charge in [0.1, 0.15) is 0 Å². The molecule has 0 spiro atoms. The fourth-order valence-corrected chi connectivity index (χ4v) is 2.30. The standard InChI is InChI=1S/C14H19N3/c1-11-9-14(7-8-17(11)2)16-13-5-3-12(10-15)4-6-13/h3-6,11,14,16H,7-9H2,1-2H3. The van der Waals surface area contributed by atoms with E-state index in [-0.39, 0.29) is 0 Å². The molecule has 1 heterocycles. The van der Waals surface area contributed by atoms with Gasteiger partial charge in [0.05, 0.1) is 11.6 Å². The van der Waals surface area contributed by atoms with E-state index in [2.05, 4.69) is 30.3 Å². The van der Waals surface area contributed by atoms with Gasteiger partial charge in [0.15, 0.2) is 0 Å². The first-order valence-corrected chi connectivity index (χ1v) is 6.16. The van der Waals surface area contributed by atoms with E-state index in [1.54, 1.807) is 0 Å². The molecule has 1 aliphatic heterocycles. The summed E-state index contributed by atoms with van der Waals surface area (Å²) in [6.07, 6.45) is 2.36. The van der Waals surface area contributed by atoms with Gasteiger partial charge in [-0.25, -0.2) is 0 Å². The highest BCUT2D eigenvalue weighted by atomic mass is 15.1. The van der Waals surface area contributed by atoms with Crippen LogP contribution in [0.5, 0.6) is 0 Å². The van der Waals surface area contributed by atoms with Gasteiger partial charge in [-0.05, 0) is 51.1 Å². The van der Waals surface area contributed by atoms with Gasteiger partial charge in [-0.3, -0.25) is 0 Å². The lowest BCUT2D eigenvalue weighted by molar-refractivity contribution is 0.190. The zero-order valence-electron chi connectivity index (χ0n) is 10.5. The molecule has 0 aromatic heterocycles. The summed E-state index contributed by atoms with van der Waals surface area (Å²) in [6, 6.07) is 11.0. The molecule has 0 aliphatic carbocycles. The minimum Gasteiger partial charge on any atom is -0.382 e. The van der Waals surface area contributed by atoms with Crippen LogP contribution in [0.25, 0.3) is 0 Å². The van der Waals surface area contributed by atoms with Crippen molar-refractivity contribution in [1.82, 2.24) is 4.90 Å². The number of benzene rings is 1. The van der Waals surface area contributed by atoms with Crippen LogP contribution in [0.3, 0.4) is 0 Å². The summed E-state index contributed by atoms with van der Waals surface area (Å²) in [6.45, 7) is 3.42. The Kier molecular flexibility index (Phi) is 3.65. The Labute approximate surface area is 103 Å². The predicted octanol–water partition coefficient (Wildman–Crippen LogP) is 2.45. The van der Waals surface area contributed by atoms with Crippen LogP contribution in [0.2, 0.25) is 0 Å². The Morgan fingerprint density at radius 3 is 2.65 bits per heavy atom. The van der Waals surface area contributed by atoms with Crippen molar-refractivity contribution in [2.24, 2.45) is 0 Å². The van der Waals surface area contributed by atoms with Gasteiger partial charge in [0.2, 0.25) is 0 Å². The van der Waals surface area contributed by atoms with E-state index in [1.807, 2.05) is 24.3 Å². The van der Waals surface area contributed by atoms with Crippen molar-refractivity contribution in [1.29, 1.82) is 5.26 Å². The van der Waals surface area contributed by atoms with Crippen LogP contribution in [-0.2, 0) is 0 Å². The van der Waals surface area contributed by atoms with Crippen LogP contribution in [0.1, 0.15) is 25.3 Å². The van der Waals surface area contributed by atoms with Crippen molar-refractivity contribution in [2.45, 2.75) is 31.8 Å². The molecule has 1 aromatic rings. The minimum absolute atomic E-state index is 0.550. The van der Waals surface area contributed by atoms with Crippen LogP contribution in [0.4, 0.5) is 5.69 Å². The Balaban J connectivity index is 1.94. The molecule has 1 N–H and O–H groups in total. The second-order valence-corrected chi connectivity index (χ2v) is 4.88. The van der Waals surface area contributed by atoms with Crippen LogP contribution < -0.4 is 5.32 Å². The number of hydrogen-bond donors (Lipinski definition) is 1. The molecule has 1 saturated heterocycles. The Morgan fingerprint density at radius 1 is 1.35 bits per heavy atom. The average molecular weight is 229 g/mol. The molecule has 2 atom stereocenters.